The fraction of sp³-hybridized carbons (Fsp3) is 0.214. The SMILES string of the molecule is COc1ccc(/C=C2\Oc3c(ccc(OC(=O)c4c(OC)cccc4OC)c3C)C2=O)c(OC)c1OC. The highest BCUT2D eigenvalue weighted by Gasteiger charge is 2.32. The van der Waals surface area contributed by atoms with Gasteiger partial charge in [-0.15, -0.1) is 0 Å². The van der Waals surface area contributed by atoms with Gasteiger partial charge in [0.25, 0.3) is 0 Å². The Kier molecular flexibility index (Phi) is 7.24. The van der Waals surface area contributed by atoms with Gasteiger partial charge in [-0.05, 0) is 49.4 Å². The monoisotopic (exact) mass is 506 g/mol. The van der Waals surface area contributed by atoms with E-state index in [1.165, 1.54) is 35.5 Å². The predicted molar refractivity (Wildman–Crippen MR) is 135 cm³/mol. The number of rotatable bonds is 8. The molecule has 192 valence electrons. The molecule has 0 radical (unpaired) electrons. The molecular formula is C28H26O9. The molecule has 0 N–H and O–H groups in total. The smallest absolute Gasteiger partial charge is 0.351 e. The second-order valence-electron chi connectivity index (χ2n) is 7.86. The Morgan fingerprint density at radius 3 is 1.97 bits per heavy atom. The van der Waals surface area contributed by atoms with Crippen LogP contribution in [0, 0.1) is 6.92 Å². The molecule has 9 heteroatoms. The molecule has 0 saturated carbocycles. The quantitative estimate of drug-likeness (QED) is 0.241. The molecule has 9 nitrogen and oxygen atoms in total. The van der Waals surface area contributed by atoms with E-state index in [-0.39, 0.29) is 22.9 Å². The van der Waals surface area contributed by atoms with E-state index in [1.807, 2.05) is 0 Å². The average Bonchev–Trinajstić information content (AvgIpc) is 3.24. The van der Waals surface area contributed by atoms with Crippen molar-refractivity contribution in [2.24, 2.45) is 0 Å². The van der Waals surface area contributed by atoms with Crippen molar-refractivity contribution in [3.63, 3.8) is 0 Å². The Balaban J connectivity index is 1.67. The van der Waals surface area contributed by atoms with Crippen LogP contribution in [0.15, 0.2) is 48.2 Å². The van der Waals surface area contributed by atoms with Crippen molar-refractivity contribution in [1.29, 1.82) is 0 Å². The fourth-order valence-electron chi connectivity index (χ4n) is 4.06. The maximum Gasteiger partial charge on any atom is 0.351 e. The van der Waals surface area contributed by atoms with E-state index >= 15 is 0 Å². The van der Waals surface area contributed by atoms with Gasteiger partial charge in [0.2, 0.25) is 11.5 Å². The number of carbonyl (C=O) groups is 2. The molecule has 0 atom stereocenters. The third kappa shape index (κ3) is 4.51. The number of ketones is 1. The van der Waals surface area contributed by atoms with Crippen molar-refractivity contribution in [2.45, 2.75) is 6.92 Å². The zero-order valence-electron chi connectivity index (χ0n) is 21.3. The van der Waals surface area contributed by atoms with E-state index in [0.717, 1.165) is 0 Å². The van der Waals surface area contributed by atoms with Crippen molar-refractivity contribution >= 4 is 17.8 Å². The normalized spacial score (nSPS) is 13.0. The molecule has 0 spiro atoms. The number of esters is 1. The summed E-state index contributed by atoms with van der Waals surface area (Å²) >= 11 is 0. The molecule has 0 amide bonds. The van der Waals surface area contributed by atoms with Gasteiger partial charge in [0, 0.05) is 11.1 Å². The summed E-state index contributed by atoms with van der Waals surface area (Å²) < 4.78 is 38.5. The molecular weight excluding hydrogens is 480 g/mol. The Bertz CT molecular complexity index is 1380. The molecule has 37 heavy (non-hydrogen) atoms. The van der Waals surface area contributed by atoms with Crippen LogP contribution in [0.4, 0.5) is 0 Å². The van der Waals surface area contributed by atoms with Gasteiger partial charge in [0.15, 0.2) is 17.3 Å². The van der Waals surface area contributed by atoms with Gasteiger partial charge in [-0.25, -0.2) is 4.79 Å². The Morgan fingerprint density at radius 1 is 0.757 bits per heavy atom. The Labute approximate surface area is 214 Å². The molecule has 0 aromatic heterocycles. The maximum atomic E-state index is 13.1. The van der Waals surface area contributed by atoms with E-state index in [2.05, 4.69) is 0 Å². The van der Waals surface area contributed by atoms with Crippen molar-refractivity contribution in [3.05, 3.63) is 70.5 Å². The highest BCUT2D eigenvalue weighted by Crippen LogP contribution is 2.43. The van der Waals surface area contributed by atoms with Crippen LogP contribution < -0.4 is 33.2 Å². The van der Waals surface area contributed by atoms with E-state index in [1.54, 1.807) is 55.5 Å². The summed E-state index contributed by atoms with van der Waals surface area (Å²) in [7, 11) is 7.41. The van der Waals surface area contributed by atoms with Crippen LogP contribution >= 0.6 is 0 Å². The van der Waals surface area contributed by atoms with Gasteiger partial charge < -0.3 is 33.2 Å². The van der Waals surface area contributed by atoms with Gasteiger partial charge in [0.05, 0.1) is 41.1 Å². The topological polar surface area (TPSA) is 98.8 Å². The first kappa shape index (κ1) is 25.4. The second-order valence-corrected chi connectivity index (χ2v) is 7.86. The minimum atomic E-state index is -0.674. The molecule has 0 unspecified atom stereocenters. The predicted octanol–water partition coefficient (Wildman–Crippen LogP) is 4.87. The number of methoxy groups -OCH3 is 5. The molecule has 3 aromatic carbocycles. The Morgan fingerprint density at radius 2 is 1.38 bits per heavy atom. The lowest BCUT2D eigenvalue weighted by Gasteiger charge is -2.14. The number of Topliss-reactive ketones (excluding diaryl/α,β-unsaturated/α-hetero) is 1. The van der Waals surface area contributed by atoms with Crippen LogP contribution in [0.1, 0.15) is 31.8 Å². The van der Waals surface area contributed by atoms with Crippen LogP contribution in [-0.4, -0.2) is 47.3 Å². The van der Waals surface area contributed by atoms with E-state index < -0.39 is 5.97 Å². The molecule has 3 aromatic rings. The van der Waals surface area contributed by atoms with Gasteiger partial charge in [-0.3, -0.25) is 4.79 Å². The number of hydrogen-bond donors (Lipinski definition) is 0. The van der Waals surface area contributed by atoms with E-state index in [9.17, 15) is 9.59 Å². The first-order chi connectivity index (χ1) is 17.9. The summed E-state index contributed by atoms with van der Waals surface area (Å²) in [5.74, 6) is 1.50. The van der Waals surface area contributed by atoms with Crippen molar-refractivity contribution in [1.82, 2.24) is 0 Å². The number of benzene rings is 3. The highest BCUT2D eigenvalue weighted by molar-refractivity contribution is 6.15. The maximum absolute atomic E-state index is 13.1. The highest BCUT2D eigenvalue weighted by atomic mass is 16.5. The number of fused-ring (bicyclic) bond motifs is 1. The molecule has 0 aliphatic carbocycles. The summed E-state index contributed by atoms with van der Waals surface area (Å²) in [4.78, 5) is 26.2. The molecule has 0 bridgehead atoms. The van der Waals surface area contributed by atoms with Crippen LogP contribution in [0.25, 0.3) is 6.08 Å². The number of carbonyl (C=O) groups excluding carboxylic acids is 2. The van der Waals surface area contributed by atoms with Crippen molar-refractivity contribution < 1.29 is 42.7 Å². The Hall–Kier alpha value is -4.66. The van der Waals surface area contributed by atoms with Crippen LogP contribution in [0.3, 0.4) is 0 Å². The molecule has 1 heterocycles. The number of hydrogen-bond acceptors (Lipinski definition) is 9. The number of ether oxygens (including phenoxy) is 7. The van der Waals surface area contributed by atoms with Crippen LogP contribution in [-0.2, 0) is 0 Å². The summed E-state index contributed by atoms with van der Waals surface area (Å²) in [5, 5.41) is 0. The summed E-state index contributed by atoms with van der Waals surface area (Å²) in [6.07, 6.45) is 1.56. The van der Waals surface area contributed by atoms with Crippen LogP contribution in [0.2, 0.25) is 0 Å². The van der Waals surface area contributed by atoms with E-state index in [4.69, 9.17) is 33.2 Å². The second kappa shape index (κ2) is 10.5. The lowest BCUT2D eigenvalue weighted by molar-refractivity contribution is 0.0726. The first-order valence-electron chi connectivity index (χ1n) is 11.2. The van der Waals surface area contributed by atoms with Crippen molar-refractivity contribution in [2.75, 3.05) is 35.5 Å². The molecule has 4 rings (SSSR count). The zero-order chi connectivity index (χ0) is 26.7. The average molecular weight is 507 g/mol. The lowest BCUT2D eigenvalue weighted by atomic mass is 10.1. The van der Waals surface area contributed by atoms with Gasteiger partial charge in [0.1, 0.15) is 28.6 Å². The van der Waals surface area contributed by atoms with Gasteiger partial charge in [-0.2, -0.15) is 0 Å². The lowest BCUT2D eigenvalue weighted by Crippen LogP contribution is -2.12. The number of allylic oxidation sites excluding steroid dienone is 1. The van der Waals surface area contributed by atoms with Gasteiger partial charge >= 0.3 is 5.97 Å². The fourth-order valence-corrected chi connectivity index (χ4v) is 4.06. The van der Waals surface area contributed by atoms with Gasteiger partial charge in [-0.1, -0.05) is 6.07 Å². The largest absolute Gasteiger partial charge is 0.496 e. The molecule has 0 saturated heterocycles. The molecule has 0 fully saturated rings. The standard InChI is InChI=1S/C28H26O9/c1-15-18(37-28(30)23-19(31-2)8-7-9-20(23)32-3)13-11-17-24(29)22(36-25(15)17)14-16-10-12-21(33-4)27(35-6)26(16)34-5/h7-14H,1-6H3/b22-14-. The molecule has 1 aliphatic rings. The van der Waals surface area contributed by atoms with Crippen LogP contribution in [0.5, 0.6) is 40.2 Å². The third-order valence-electron chi connectivity index (χ3n) is 5.89. The summed E-state index contributed by atoms with van der Waals surface area (Å²) in [6, 6.07) is 11.5. The minimum Gasteiger partial charge on any atom is -0.496 e. The molecule has 1 aliphatic heterocycles. The van der Waals surface area contributed by atoms with E-state index in [0.29, 0.717) is 51.2 Å². The first-order valence-corrected chi connectivity index (χ1v) is 11.2. The zero-order valence-corrected chi connectivity index (χ0v) is 21.3. The minimum absolute atomic E-state index is 0.0819. The van der Waals surface area contributed by atoms with Crippen molar-refractivity contribution in [3.8, 4) is 40.2 Å². The third-order valence-corrected chi connectivity index (χ3v) is 5.89. The summed E-state index contributed by atoms with van der Waals surface area (Å²) in [6.45, 7) is 1.70. The summed E-state index contributed by atoms with van der Waals surface area (Å²) in [5.41, 5.74) is 1.53.